The molecule has 0 bridgehead atoms. The van der Waals surface area contributed by atoms with Crippen molar-refractivity contribution in [1.82, 2.24) is 14.9 Å². The Balaban J connectivity index is 1.82. The van der Waals surface area contributed by atoms with E-state index in [4.69, 9.17) is 0 Å². The molecule has 1 N–H and O–H groups in total. The number of carbonyl (C=O) groups is 1. The third kappa shape index (κ3) is 3.72. The van der Waals surface area contributed by atoms with E-state index in [-0.39, 0.29) is 11.5 Å². The first kappa shape index (κ1) is 17.6. The predicted molar refractivity (Wildman–Crippen MR) is 102 cm³/mol. The van der Waals surface area contributed by atoms with Gasteiger partial charge in [0.05, 0.1) is 0 Å². The van der Waals surface area contributed by atoms with Crippen LogP contribution in [0, 0.1) is 13.8 Å². The van der Waals surface area contributed by atoms with Crippen LogP contribution in [0.4, 0.5) is 0 Å². The SMILES string of the molecule is Cc1ccc(-c2ncc(C(=O)N(C)Cc3ccccc3C)c(=O)[nH]2)cc1. The number of aromatic amines is 1. The second kappa shape index (κ2) is 7.35. The quantitative estimate of drug-likeness (QED) is 0.787. The molecule has 0 saturated carbocycles. The average Bonchev–Trinajstić information content (AvgIpc) is 2.63. The number of hydrogen-bond donors (Lipinski definition) is 1. The molecule has 0 atom stereocenters. The number of nitrogens with one attached hydrogen (secondary N) is 1. The molecule has 1 aromatic heterocycles. The summed E-state index contributed by atoms with van der Waals surface area (Å²) in [4.78, 5) is 33.5. The monoisotopic (exact) mass is 347 g/mol. The molecule has 0 radical (unpaired) electrons. The number of carbonyl (C=O) groups excluding carboxylic acids is 1. The topological polar surface area (TPSA) is 66.1 Å². The molecule has 0 aliphatic rings. The third-order valence-electron chi connectivity index (χ3n) is 4.37. The molecule has 3 aromatic rings. The number of hydrogen-bond acceptors (Lipinski definition) is 3. The molecule has 132 valence electrons. The predicted octanol–water partition coefficient (Wildman–Crippen LogP) is 3.33. The van der Waals surface area contributed by atoms with Gasteiger partial charge in [-0.2, -0.15) is 0 Å². The number of aromatic nitrogens is 2. The standard InChI is InChI=1S/C21H21N3O2/c1-14-8-10-16(11-9-14)19-22-12-18(20(25)23-19)21(26)24(3)13-17-7-5-4-6-15(17)2/h4-12H,13H2,1-3H3,(H,22,23,25). The van der Waals surface area contributed by atoms with Crippen LogP contribution in [0.3, 0.4) is 0 Å². The molecule has 0 aliphatic heterocycles. The molecule has 0 aliphatic carbocycles. The van der Waals surface area contributed by atoms with Gasteiger partial charge in [0.2, 0.25) is 0 Å². The van der Waals surface area contributed by atoms with Gasteiger partial charge in [-0.25, -0.2) is 4.98 Å². The van der Waals surface area contributed by atoms with Crippen molar-refractivity contribution in [2.75, 3.05) is 7.05 Å². The zero-order valence-electron chi connectivity index (χ0n) is 15.1. The summed E-state index contributed by atoms with van der Waals surface area (Å²) in [6.07, 6.45) is 1.35. The lowest BCUT2D eigenvalue weighted by atomic mass is 10.1. The second-order valence-electron chi connectivity index (χ2n) is 6.43. The van der Waals surface area contributed by atoms with Crippen molar-refractivity contribution in [1.29, 1.82) is 0 Å². The van der Waals surface area contributed by atoms with Crippen LogP contribution in [0.25, 0.3) is 11.4 Å². The summed E-state index contributed by atoms with van der Waals surface area (Å²) in [7, 11) is 1.68. The maximum atomic E-state index is 12.6. The molecule has 3 rings (SSSR count). The largest absolute Gasteiger partial charge is 0.337 e. The zero-order chi connectivity index (χ0) is 18.7. The highest BCUT2D eigenvalue weighted by molar-refractivity contribution is 5.93. The minimum absolute atomic E-state index is 0.0388. The lowest BCUT2D eigenvalue weighted by Crippen LogP contribution is -2.32. The van der Waals surface area contributed by atoms with Gasteiger partial charge in [0.15, 0.2) is 0 Å². The van der Waals surface area contributed by atoms with Crippen LogP contribution < -0.4 is 5.56 Å². The molecule has 5 nitrogen and oxygen atoms in total. The molecule has 1 heterocycles. The molecule has 2 aromatic carbocycles. The Morgan fingerprint density at radius 1 is 1.08 bits per heavy atom. The fraction of sp³-hybridized carbons (Fsp3) is 0.190. The van der Waals surface area contributed by atoms with Gasteiger partial charge < -0.3 is 9.88 Å². The third-order valence-corrected chi connectivity index (χ3v) is 4.37. The fourth-order valence-corrected chi connectivity index (χ4v) is 2.73. The van der Waals surface area contributed by atoms with E-state index in [1.807, 2.05) is 62.4 Å². The molecular formula is C21H21N3O2. The van der Waals surface area contributed by atoms with Gasteiger partial charge in [0.25, 0.3) is 11.5 Å². The first-order valence-electron chi connectivity index (χ1n) is 8.42. The van der Waals surface area contributed by atoms with Crippen LogP contribution in [0.15, 0.2) is 59.5 Å². The van der Waals surface area contributed by atoms with Gasteiger partial charge in [-0.05, 0) is 25.0 Å². The summed E-state index contributed by atoms with van der Waals surface area (Å²) in [6.45, 7) is 4.43. The van der Waals surface area contributed by atoms with Gasteiger partial charge in [-0.15, -0.1) is 0 Å². The van der Waals surface area contributed by atoms with E-state index in [1.165, 1.54) is 11.1 Å². The van der Waals surface area contributed by atoms with Crippen molar-refractivity contribution in [2.45, 2.75) is 20.4 Å². The summed E-state index contributed by atoms with van der Waals surface area (Å²) in [5, 5.41) is 0. The van der Waals surface area contributed by atoms with E-state index in [9.17, 15) is 9.59 Å². The summed E-state index contributed by atoms with van der Waals surface area (Å²) in [5.74, 6) is 0.102. The van der Waals surface area contributed by atoms with Crippen LogP contribution in [-0.4, -0.2) is 27.8 Å². The van der Waals surface area contributed by atoms with Crippen LogP contribution in [0.5, 0.6) is 0 Å². The number of H-pyrrole nitrogens is 1. The van der Waals surface area contributed by atoms with E-state index in [1.54, 1.807) is 7.05 Å². The first-order chi connectivity index (χ1) is 12.5. The smallest absolute Gasteiger partial charge is 0.264 e. The number of benzene rings is 2. The summed E-state index contributed by atoms with van der Waals surface area (Å²) in [5.41, 5.74) is 3.69. The number of nitrogens with zero attached hydrogens (tertiary/aromatic N) is 2. The maximum absolute atomic E-state index is 12.6. The van der Waals surface area contributed by atoms with Crippen molar-refractivity contribution in [3.05, 3.63) is 87.3 Å². The maximum Gasteiger partial charge on any atom is 0.264 e. The molecule has 5 heteroatoms. The second-order valence-corrected chi connectivity index (χ2v) is 6.43. The Morgan fingerprint density at radius 3 is 2.42 bits per heavy atom. The van der Waals surface area contributed by atoms with Gasteiger partial charge in [-0.1, -0.05) is 54.1 Å². The van der Waals surface area contributed by atoms with Crippen LogP contribution in [-0.2, 0) is 6.54 Å². The van der Waals surface area contributed by atoms with Gasteiger partial charge in [0.1, 0.15) is 11.4 Å². The Hall–Kier alpha value is -3.21. The Kier molecular flexibility index (Phi) is 4.98. The highest BCUT2D eigenvalue weighted by atomic mass is 16.2. The van der Waals surface area contributed by atoms with Gasteiger partial charge in [0, 0.05) is 25.4 Å². The van der Waals surface area contributed by atoms with Crippen molar-refractivity contribution < 1.29 is 4.79 Å². The number of amides is 1. The Bertz CT molecular complexity index is 991. The first-order valence-corrected chi connectivity index (χ1v) is 8.42. The van der Waals surface area contributed by atoms with Gasteiger partial charge >= 0.3 is 0 Å². The molecule has 0 spiro atoms. The molecule has 26 heavy (non-hydrogen) atoms. The minimum atomic E-state index is -0.433. The lowest BCUT2D eigenvalue weighted by Gasteiger charge is -2.18. The van der Waals surface area contributed by atoms with Gasteiger partial charge in [-0.3, -0.25) is 9.59 Å². The van der Waals surface area contributed by atoms with E-state index < -0.39 is 5.56 Å². The van der Waals surface area contributed by atoms with E-state index in [0.29, 0.717) is 12.4 Å². The number of aryl methyl sites for hydroxylation is 2. The molecule has 0 saturated heterocycles. The van der Waals surface area contributed by atoms with Crippen LogP contribution >= 0.6 is 0 Å². The van der Waals surface area contributed by atoms with Crippen LogP contribution in [0.1, 0.15) is 27.0 Å². The highest BCUT2D eigenvalue weighted by Gasteiger charge is 2.17. The van der Waals surface area contributed by atoms with Crippen molar-refractivity contribution >= 4 is 5.91 Å². The summed E-state index contributed by atoms with van der Waals surface area (Å²) >= 11 is 0. The van der Waals surface area contributed by atoms with E-state index in [0.717, 1.165) is 22.3 Å². The highest BCUT2D eigenvalue weighted by Crippen LogP contribution is 2.15. The Morgan fingerprint density at radius 2 is 1.77 bits per heavy atom. The molecular weight excluding hydrogens is 326 g/mol. The normalized spacial score (nSPS) is 10.6. The Labute approximate surface area is 152 Å². The summed E-state index contributed by atoms with van der Waals surface area (Å²) in [6, 6.07) is 15.5. The number of rotatable bonds is 4. The molecule has 0 unspecified atom stereocenters. The van der Waals surface area contributed by atoms with Crippen molar-refractivity contribution in [3.63, 3.8) is 0 Å². The molecule has 1 amide bonds. The summed E-state index contributed by atoms with van der Waals surface area (Å²) < 4.78 is 0. The lowest BCUT2D eigenvalue weighted by molar-refractivity contribution is 0.0782. The average molecular weight is 347 g/mol. The van der Waals surface area contributed by atoms with Crippen molar-refractivity contribution in [2.24, 2.45) is 0 Å². The van der Waals surface area contributed by atoms with E-state index >= 15 is 0 Å². The molecule has 0 fully saturated rings. The fourth-order valence-electron chi connectivity index (χ4n) is 2.73. The van der Waals surface area contributed by atoms with E-state index in [2.05, 4.69) is 9.97 Å². The van der Waals surface area contributed by atoms with Crippen molar-refractivity contribution in [3.8, 4) is 11.4 Å². The van der Waals surface area contributed by atoms with Crippen LogP contribution in [0.2, 0.25) is 0 Å². The minimum Gasteiger partial charge on any atom is -0.337 e. The zero-order valence-corrected chi connectivity index (χ0v) is 15.1.